The van der Waals surface area contributed by atoms with Crippen LogP contribution in [-0.4, -0.2) is 102 Å². The molecule has 8 N–H and O–H groups in total. The summed E-state index contributed by atoms with van der Waals surface area (Å²) in [4.78, 5) is 105. The van der Waals surface area contributed by atoms with Crippen molar-refractivity contribution in [1.29, 1.82) is 0 Å². The lowest BCUT2D eigenvalue weighted by Gasteiger charge is -2.25. The van der Waals surface area contributed by atoms with Crippen molar-refractivity contribution < 1.29 is 38.6 Å². The number of aliphatic hydroxyl groups is 1. The highest BCUT2D eigenvalue weighted by Gasteiger charge is 2.33. The molecule has 2 aliphatic rings. The molecule has 8 heterocycles. The van der Waals surface area contributed by atoms with E-state index >= 15 is 0 Å². The molecule has 7 aromatic heterocycles. The molecule has 432 valence electrons. The number of methoxy groups -OCH3 is 1. The zero-order valence-electron chi connectivity index (χ0n) is 45.7. The second kappa shape index (κ2) is 26.2. The SMILES string of the molecule is C=C1NCC(=O)N[C@@H]([C@@H](O)c2ccccc2)c2nc(cs2)-c2nc(cs2)-c2nc(-c3nc(NC(=O)OC4CCC(N)CC4)cs3)ccc2-c2nc(cs2)C(=O)N[C@@H](CC(=O)NC)c2nc(c(C)s2)C(=O)C[C@H](C(C)C)c2nc1c(COC)s2. The first-order chi connectivity index (χ1) is 40.0. The Morgan fingerprint density at radius 1 is 0.783 bits per heavy atom. The van der Waals surface area contributed by atoms with Crippen LogP contribution in [0.1, 0.15) is 133 Å². The van der Waals surface area contributed by atoms with Crippen LogP contribution in [0, 0.1) is 12.8 Å². The zero-order valence-corrected chi connectivity index (χ0v) is 50.6. The number of benzene rings is 1. The lowest BCUT2D eigenvalue weighted by atomic mass is 9.90. The highest BCUT2D eigenvalue weighted by atomic mass is 32.1. The summed E-state index contributed by atoms with van der Waals surface area (Å²) in [7, 11) is 3.07. The van der Waals surface area contributed by atoms with E-state index in [4.69, 9.17) is 45.1 Å². The number of fused-ring (bicyclic) bond motifs is 14. The minimum absolute atomic E-state index is 0.0482. The van der Waals surface area contributed by atoms with E-state index in [-0.39, 0.29) is 73.1 Å². The summed E-state index contributed by atoms with van der Waals surface area (Å²) in [6.45, 7) is 10.0. The summed E-state index contributed by atoms with van der Waals surface area (Å²) in [6, 6.07) is 10.8. The van der Waals surface area contributed by atoms with Crippen molar-refractivity contribution in [1.82, 2.24) is 56.2 Å². The van der Waals surface area contributed by atoms with Crippen LogP contribution in [0.15, 0.2) is 70.6 Å². The molecule has 1 aliphatic carbocycles. The maximum Gasteiger partial charge on any atom is 0.413 e. The molecule has 4 amide bonds. The minimum atomic E-state index is -1.20. The van der Waals surface area contributed by atoms with Crippen LogP contribution in [0.3, 0.4) is 0 Å². The predicted molar refractivity (Wildman–Crippen MR) is 323 cm³/mol. The number of anilines is 1. The minimum Gasteiger partial charge on any atom is -0.446 e. The number of ketones is 1. The fourth-order valence-electron chi connectivity index (χ4n) is 9.47. The number of hydrogen-bond acceptors (Lipinski definition) is 23. The van der Waals surface area contributed by atoms with Crippen molar-refractivity contribution in [2.75, 3.05) is 26.0 Å². The molecule has 0 spiro atoms. The highest BCUT2D eigenvalue weighted by Crippen LogP contribution is 2.41. The largest absolute Gasteiger partial charge is 0.446 e. The first-order valence-electron chi connectivity index (χ1n) is 26.6. The van der Waals surface area contributed by atoms with E-state index in [1.807, 2.05) is 36.7 Å². The van der Waals surface area contributed by atoms with Gasteiger partial charge < -0.3 is 41.6 Å². The van der Waals surface area contributed by atoms with Crippen molar-refractivity contribution in [3.8, 4) is 43.4 Å². The average molecular weight is 1230 g/mol. The van der Waals surface area contributed by atoms with Crippen molar-refractivity contribution in [2.45, 2.75) is 102 Å². The number of pyridine rings is 1. The highest BCUT2D eigenvalue weighted by molar-refractivity contribution is 7.15. The van der Waals surface area contributed by atoms with E-state index in [2.05, 4.69) is 38.1 Å². The fraction of sp³-hybridized carbons (Fsp3) is 0.357. The molecular formula is C56H59N13O8S6. The Balaban J connectivity index is 1.03. The van der Waals surface area contributed by atoms with E-state index in [9.17, 15) is 29.1 Å². The van der Waals surface area contributed by atoms with Gasteiger partial charge in [0.2, 0.25) is 11.8 Å². The summed E-state index contributed by atoms with van der Waals surface area (Å²) in [6.07, 6.45) is 0.781. The second-order valence-corrected chi connectivity index (χ2v) is 26.0. The van der Waals surface area contributed by atoms with Crippen LogP contribution in [0.2, 0.25) is 0 Å². The van der Waals surface area contributed by atoms with Gasteiger partial charge in [-0.1, -0.05) is 50.8 Å². The molecule has 1 saturated carbocycles. The molecule has 0 radical (unpaired) electrons. The van der Waals surface area contributed by atoms with Gasteiger partial charge in [-0.05, 0) is 56.2 Å². The first kappa shape index (κ1) is 59.1. The normalized spacial score (nSPS) is 19.3. The van der Waals surface area contributed by atoms with E-state index in [1.165, 1.54) is 75.1 Å². The predicted octanol–water partition coefficient (Wildman–Crippen LogP) is 9.85. The van der Waals surface area contributed by atoms with Crippen molar-refractivity contribution in [2.24, 2.45) is 11.7 Å². The summed E-state index contributed by atoms with van der Waals surface area (Å²) in [5.74, 6) is -1.74. The van der Waals surface area contributed by atoms with E-state index in [0.717, 1.165) is 17.7 Å². The number of Topliss-reactive ketones (excluding diaryl/α,β-unsaturated/α-hetero) is 1. The number of aryl methyl sites for hydroxylation is 1. The lowest BCUT2D eigenvalue weighted by Crippen LogP contribution is -2.38. The number of thiazole rings is 6. The number of ether oxygens (including phenoxy) is 2. The summed E-state index contributed by atoms with van der Waals surface area (Å²) in [5, 5.41) is 36.3. The molecule has 1 fully saturated rings. The smallest absolute Gasteiger partial charge is 0.413 e. The van der Waals surface area contributed by atoms with E-state index in [0.29, 0.717) is 98.9 Å². The van der Waals surface area contributed by atoms with E-state index < -0.39 is 36.1 Å². The van der Waals surface area contributed by atoms with Crippen LogP contribution in [0.5, 0.6) is 0 Å². The molecule has 83 heavy (non-hydrogen) atoms. The maximum atomic E-state index is 14.4. The van der Waals surface area contributed by atoms with Crippen LogP contribution >= 0.6 is 68.0 Å². The monoisotopic (exact) mass is 1230 g/mol. The molecule has 4 atom stereocenters. The Morgan fingerprint density at radius 2 is 1.49 bits per heavy atom. The fourth-order valence-corrected chi connectivity index (χ4v) is 15.1. The van der Waals surface area contributed by atoms with Gasteiger partial charge in [0.25, 0.3) is 5.91 Å². The van der Waals surface area contributed by atoms with Crippen molar-refractivity contribution in [3.05, 3.63) is 118 Å². The Labute approximate surface area is 501 Å². The van der Waals surface area contributed by atoms with Crippen LogP contribution in [0.4, 0.5) is 10.6 Å². The zero-order chi connectivity index (χ0) is 58.5. The van der Waals surface area contributed by atoms with Gasteiger partial charge >= 0.3 is 6.09 Å². The number of aromatic nitrogens is 7. The first-order valence-corrected chi connectivity index (χ1v) is 31.7. The Hall–Kier alpha value is -7.08. The van der Waals surface area contributed by atoms with Crippen LogP contribution < -0.4 is 32.3 Å². The van der Waals surface area contributed by atoms with Gasteiger partial charge in [-0.25, -0.2) is 39.7 Å². The number of aliphatic hydroxyl groups excluding tert-OH is 1. The number of nitrogens with zero attached hydrogens (tertiary/aromatic N) is 7. The quantitative estimate of drug-likeness (QED) is 0.0670. The molecule has 21 nitrogen and oxygen atoms in total. The average Bonchev–Trinajstić information content (AvgIpc) is 4.50. The Bertz CT molecular complexity index is 3670. The molecule has 0 saturated heterocycles. The van der Waals surface area contributed by atoms with Crippen molar-refractivity contribution in [3.63, 3.8) is 0 Å². The lowest BCUT2D eigenvalue weighted by molar-refractivity contribution is -0.122. The number of rotatable bonds is 10. The molecule has 1 aromatic carbocycles. The molecule has 8 aromatic rings. The van der Waals surface area contributed by atoms with Gasteiger partial charge in [0.15, 0.2) is 5.78 Å². The third kappa shape index (κ3) is 13.8. The molecule has 10 bridgehead atoms. The van der Waals surface area contributed by atoms with E-state index in [1.54, 1.807) is 55.1 Å². The van der Waals surface area contributed by atoms with Gasteiger partial charge in [-0.2, -0.15) is 0 Å². The molecule has 1 aliphatic heterocycles. The number of nitrogens with one attached hydrogen (secondary N) is 5. The summed E-state index contributed by atoms with van der Waals surface area (Å²) >= 11 is 7.66. The summed E-state index contributed by atoms with van der Waals surface area (Å²) in [5.41, 5.74) is 10.1. The molecular weight excluding hydrogens is 1180 g/mol. The number of carbonyl (C=O) groups is 5. The number of amides is 4. The summed E-state index contributed by atoms with van der Waals surface area (Å²) < 4.78 is 11.3. The second-order valence-electron chi connectivity index (χ2n) is 20.2. The number of carbonyl (C=O) groups excluding carboxylic acids is 5. The Morgan fingerprint density at radius 3 is 2.25 bits per heavy atom. The standard InChI is InChI=1S/C56H59N13O8S6/c1-26(2)33-18-39(70)45-28(4)82-54(69-45)35(19-42(71)58-5)61-49(74)37-23-78-50(63-37)32-16-17-34(52-65-41(25-81-52)66-56(75)77-31-14-12-30(57)13-15-31)60-46(32)36-22-79-53(62-36)38-24-80-55(64-38)47(48(73)29-10-8-7-9-11-29)67-43(72)20-59-27(3)44-40(21-76-6)83-51(33)68-44/h7-11,16-17,22-26,30-31,33,35,47-48,59,73H,3,12-15,18-21,57H2,1-2,4-6H3,(H,58,71)(H,61,74)(H,66,75)(H,67,72)/t30?,31?,33-,35+,47+,48+/m1/s1. The maximum absolute atomic E-state index is 14.4. The van der Waals surface area contributed by atoms with Gasteiger partial charge in [0, 0.05) is 64.5 Å². The van der Waals surface area contributed by atoms with Gasteiger partial charge in [0.05, 0.1) is 46.9 Å². The third-order valence-electron chi connectivity index (χ3n) is 13.9. The van der Waals surface area contributed by atoms with Gasteiger partial charge in [-0.3, -0.25) is 24.5 Å². The third-order valence-corrected chi connectivity index (χ3v) is 19.7. The van der Waals surface area contributed by atoms with Crippen molar-refractivity contribution >= 4 is 109 Å². The number of nitrogens with two attached hydrogens (primary N) is 1. The van der Waals surface area contributed by atoms with Gasteiger partial charge in [0.1, 0.15) is 83.3 Å². The van der Waals surface area contributed by atoms with Crippen LogP contribution in [0.25, 0.3) is 49.1 Å². The molecule has 10 rings (SSSR count). The van der Waals surface area contributed by atoms with Crippen LogP contribution in [-0.2, 0) is 25.7 Å². The topological polar surface area (TPSA) is 300 Å². The van der Waals surface area contributed by atoms with Gasteiger partial charge in [-0.15, -0.1) is 68.0 Å². The number of hydrogen-bond donors (Lipinski definition) is 7. The Kier molecular flexibility index (Phi) is 18.7. The molecule has 27 heteroatoms. The molecule has 0 unspecified atom stereocenters.